The van der Waals surface area contributed by atoms with Crippen molar-refractivity contribution in [3.63, 3.8) is 0 Å². The summed E-state index contributed by atoms with van der Waals surface area (Å²) in [6.45, 7) is 5.04. The predicted octanol–water partition coefficient (Wildman–Crippen LogP) is -0.737. The highest BCUT2D eigenvalue weighted by Gasteiger charge is 2.23. The van der Waals surface area contributed by atoms with Gasteiger partial charge in [0.1, 0.15) is 5.78 Å². The molecule has 0 aromatic carbocycles. The predicted molar refractivity (Wildman–Crippen MR) is 60.4 cm³/mol. The zero-order valence-corrected chi connectivity index (χ0v) is 9.92. The third-order valence-corrected chi connectivity index (χ3v) is 2.64. The smallest absolute Gasteiger partial charge is 0.147 e. The van der Waals surface area contributed by atoms with Gasteiger partial charge in [-0.3, -0.25) is 20.3 Å². The molecule has 0 aliphatic carbocycles. The first kappa shape index (κ1) is 12.6. The Labute approximate surface area is 91.8 Å². The Balaban J connectivity index is 2.44. The molecule has 1 aliphatic heterocycles. The van der Waals surface area contributed by atoms with Crippen molar-refractivity contribution in [1.29, 1.82) is 0 Å². The lowest BCUT2D eigenvalue weighted by atomic mass is 10.1. The van der Waals surface area contributed by atoms with E-state index < -0.39 is 0 Å². The average Bonchev–Trinajstić information content (AvgIpc) is 2.18. The zero-order chi connectivity index (χ0) is 11.3. The van der Waals surface area contributed by atoms with E-state index in [0.29, 0.717) is 0 Å². The van der Waals surface area contributed by atoms with Crippen LogP contribution in [0.4, 0.5) is 0 Å². The van der Waals surface area contributed by atoms with Crippen molar-refractivity contribution in [2.24, 2.45) is 0 Å². The molecule has 1 unspecified atom stereocenters. The topological polar surface area (TPSA) is 47.6 Å². The third kappa shape index (κ3) is 4.25. The van der Waals surface area contributed by atoms with Crippen molar-refractivity contribution in [3.8, 4) is 0 Å². The molecule has 0 amide bonds. The molecule has 0 aromatic rings. The molecule has 5 nitrogen and oxygen atoms in total. The maximum absolute atomic E-state index is 11.5. The lowest BCUT2D eigenvalue weighted by Crippen LogP contribution is -2.56. The Morgan fingerprint density at radius 1 is 1.40 bits per heavy atom. The fourth-order valence-electron chi connectivity index (χ4n) is 1.79. The molecule has 1 atom stereocenters. The SMILES string of the molecule is CC(=O)C(CCN(C)C)N1CNCNC1. The molecule has 0 bridgehead atoms. The molecule has 0 saturated carbocycles. The number of carbonyl (C=O) groups excluding carboxylic acids is 1. The standard InChI is InChI=1S/C10H22N4O/c1-9(15)10(4-5-13(2)3)14-7-11-6-12-8-14/h10-12H,4-8H2,1-3H3. The van der Waals surface area contributed by atoms with Crippen LogP contribution in [0.25, 0.3) is 0 Å². The molecular weight excluding hydrogens is 192 g/mol. The number of hydrogen-bond donors (Lipinski definition) is 2. The van der Waals surface area contributed by atoms with Gasteiger partial charge in [0.15, 0.2) is 0 Å². The van der Waals surface area contributed by atoms with Crippen molar-refractivity contribution in [2.75, 3.05) is 40.6 Å². The second-order valence-corrected chi connectivity index (χ2v) is 4.30. The van der Waals surface area contributed by atoms with E-state index in [-0.39, 0.29) is 11.8 Å². The Morgan fingerprint density at radius 2 is 2.00 bits per heavy atom. The van der Waals surface area contributed by atoms with Crippen molar-refractivity contribution >= 4 is 5.78 Å². The molecule has 1 fully saturated rings. The van der Waals surface area contributed by atoms with Gasteiger partial charge < -0.3 is 4.90 Å². The van der Waals surface area contributed by atoms with E-state index in [1.807, 2.05) is 14.1 Å². The van der Waals surface area contributed by atoms with Crippen LogP contribution in [-0.4, -0.2) is 62.3 Å². The first-order valence-electron chi connectivity index (χ1n) is 5.42. The van der Waals surface area contributed by atoms with Gasteiger partial charge in [0, 0.05) is 6.67 Å². The second-order valence-electron chi connectivity index (χ2n) is 4.30. The number of carbonyl (C=O) groups is 1. The van der Waals surface area contributed by atoms with Crippen molar-refractivity contribution < 1.29 is 4.79 Å². The lowest BCUT2D eigenvalue weighted by Gasteiger charge is -2.34. The molecule has 15 heavy (non-hydrogen) atoms. The fraction of sp³-hybridized carbons (Fsp3) is 0.900. The van der Waals surface area contributed by atoms with Crippen molar-refractivity contribution in [2.45, 2.75) is 19.4 Å². The summed E-state index contributed by atoms with van der Waals surface area (Å²) in [5, 5.41) is 6.41. The van der Waals surface area contributed by atoms with Crippen LogP contribution in [0.1, 0.15) is 13.3 Å². The van der Waals surface area contributed by atoms with Gasteiger partial charge in [-0.15, -0.1) is 0 Å². The van der Waals surface area contributed by atoms with Crippen LogP contribution in [0.15, 0.2) is 0 Å². The highest BCUT2D eigenvalue weighted by molar-refractivity contribution is 5.81. The minimum atomic E-state index is 0.0349. The largest absolute Gasteiger partial charge is 0.309 e. The Morgan fingerprint density at radius 3 is 2.47 bits per heavy atom. The molecule has 1 saturated heterocycles. The maximum Gasteiger partial charge on any atom is 0.147 e. The Bertz CT molecular complexity index is 202. The van der Waals surface area contributed by atoms with Gasteiger partial charge in [-0.2, -0.15) is 0 Å². The van der Waals surface area contributed by atoms with Crippen LogP contribution in [0.2, 0.25) is 0 Å². The van der Waals surface area contributed by atoms with Crippen LogP contribution in [0.3, 0.4) is 0 Å². The maximum atomic E-state index is 11.5. The molecule has 0 aromatic heterocycles. The third-order valence-electron chi connectivity index (χ3n) is 2.64. The van der Waals surface area contributed by atoms with Crippen LogP contribution in [0, 0.1) is 0 Å². The van der Waals surface area contributed by atoms with E-state index in [1.165, 1.54) is 0 Å². The van der Waals surface area contributed by atoms with Crippen LogP contribution in [0.5, 0.6) is 0 Å². The van der Waals surface area contributed by atoms with E-state index in [4.69, 9.17) is 0 Å². The van der Waals surface area contributed by atoms with Gasteiger partial charge in [0.2, 0.25) is 0 Å². The minimum Gasteiger partial charge on any atom is -0.309 e. The Hall–Kier alpha value is -0.490. The number of hydrogen-bond acceptors (Lipinski definition) is 5. The first-order valence-corrected chi connectivity index (χ1v) is 5.42. The van der Waals surface area contributed by atoms with E-state index in [0.717, 1.165) is 33.0 Å². The first-order chi connectivity index (χ1) is 7.11. The average molecular weight is 214 g/mol. The van der Waals surface area contributed by atoms with E-state index in [9.17, 15) is 4.79 Å². The number of Topliss-reactive ketones (excluding diaryl/α,β-unsaturated/α-hetero) is 1. The summed E-state index contributed by atoms with van der Waals surface area (Å²) < 4.78 is 0. The van der Waals surface area contributed by atoms with E-state index in [1.54, 1.807) is 6.92 Å². The normalized spacial score (nSPS) is 20.5. The van der Waals surface area contributed by atoms with Crippen LogP contribution >= 0.6 is 0 Å². The van der Waals surface area contributed by atoms with Gasteiger partial charge in [0.05, 0.1) is 19.4 Å². The zero-order valence-electron chi connectivity index (χ0n) is 9.92. The van der Waals surface area contributed by atoms with E-state index >= 15 is 0 Å². The van der Waals surface area contributed by atoms with Gasteiger partial charge in [-0.25, -0.2) is 0 Å². The Kier molecular flexibility index (Phi) is 5.17. The molecule has 0 spiro atoms. The van der Waals surface area contributed by atoms with Crippen LogP contribution < -0.4 is 10.6 Å². The second kappa shape index (κ2) is 6.17. The number of ketones is 1. The minimum absolute atomic E-state index is 0.0349. The molecule has 1 heterocycles. The number of nitrogens with zero attached hydrogens (tertiary/aromatic N) is 2. The summed E-state index contributed by atoms with van der Waals surface area (Å²) in [5.74, 6) is 0.252. The molecule has 2 N–H and O–H groups in total. The highest BCUT2D eigenvalue weighted by atomic mass is 16.1. The quantitative estimate of drug-likeness (QED) is 0.631. The summed E-state index contributed by atoms with van der Waals surface area (Å²) in [7, 11) is 4.06. The molecule has 0 radical (unpaired) electrons. The summed E-state index contributed by atoms with van der Waals surface area (Å²) in [6, 6.07) is 0.0349. The van der Waals surface area contributed by atoms with Gasteiger partial charge >= 0.3 is 0 Å². The van der Waals surface area contributed by atoms with Crippen molar-refractivity contribution in [3.05, 3.63) is 0 Å². The van der Waals surface area contributed by atoms with Crippen LogP contribution in [-0.2, 0) is 4.79 Å². The monoisotopic (exact) mass is 214 g/mol. The molecule has 88 valence electrons. The molecule has 1 aliphatic rings. The molecule has 1 rings (SSSR count). The van der Waals surface area contributed by atoms with Gasteiger partial charge in [0.25, 0.3) is 0 Å². The number of nitrogens with one attached hydrogen (secondary N) is 2. The molecular formula is C10H22N4O. The summed E-state index contributed by atoms with van der Waals surface area (Å²) in [5.41, 5.74) is 0. The number of rotatable bonds is 5. The molecule has 5 heteroatoms. The fourth-order valence-corrected chi connectivity index (χ4v) is 1.79. The van der Waals surface area contributed by atoms with E-state index in [2.05, 4.69) is 20.4 Å². The highest BCUT2D eigenvalue weighted by Crippen LogP contribution is 2.06. The lowest BCUT2D eigenvalue weighted by molar-refractivity contribution is -0.123. The summed E-state index contributed by atoms with van der Waals surface area (Å²) in [6.07, 6.45) is 0.895. The van der Waals surface area contributed by atoms with Gasteiger partial charge in [-0.1, -0.05) is 0 Å². The summed E-state index contributed by atoms with van der Waals surface area (Å²) >= 11 is 0. The van der Waals surface area contributed by atoms with Gasteiger partial charge in [-0.05, 0) is 34.0 Å². The van der Waals surface area contributed by atoms with Crippen molar-refractivity contribution in [1.82, 2.24) is 20.4 Å². The summed E-state index contributed by atoms with van der Waals surface area (Å²) in [4.78, 5) is 15.8.